The molecule has 0 saturated carbocycles. The number of amides is 2. The van der Waals surface area contributed by atoms with Crippen LogP contribution in [0.15, 0.2) is 67.4 Å². The maximum atomic E-state index is 13.5. The van der Waals surface area contributed by atoms with E-state index in [1.807, 2.05) is 0 Å². The first-order valence-corrected chi connectivity index (χ1v) is 15.2. The third-order valence-electron chi connectivity index (χ3n) is 5.22. The molecule has 4 aromatic rings. The van der Waals surface area contributed by atoms with Crippen LogP contribution in [0.5, 0.6) is 0 Å². The Balaban J connectivity index is 0.00000353. The van der Waals surface area contributed by atoms with Gasteiger partial charge in [-0.05, 0) is 47.9 Å². The number of benzene rings is 3. The quantitative estimate of drug-likeness (QED) is 0.0756. The van der Waals surface area contributed by atoms with Crippen LogP contribution in [0, 0.1) is 6.08 Å². The van der Waals surface area contributed by atoms with E-state index >= 15 is 0 Å². The molecule has 0 spiro atoms. The third-order valence-corrected chi connectivity index (χ3v) is 7.83. The number of anilines is 4. The van der Waals surface area contributed by atoms with Crippen LogP contribution in [0.1, 0.15) is 0 Å². The number of hydrogen-bond acceptors (Lipinski definition) is 14. The van der Waals surface area contributed by atoms with Gasteiger partial charge in [-0.25, -0.2) is 4.79 Å². The van der Waals surface area contributed by atoms with Gasteiger partial charge in [0.1, 0.15) is 21.2 Å². The van der Waals surface area contributed by atoms with Crippen molar-refractivity contribution in [1.82, 2.24) is 15.0 Å². The Bertz CT molecular complexity index is 2170. The zero-order valence-corrected chi connectivity index (χ0v) is 32.2. The molecule has 0 atom stereocenters. The molecule has 0 fully saturated rings. The number of carbonyl (C=O) groups excluding carboxylic acids is 1. The van der Waals surface area contributed by atoms with Crippen molar-refractivity contribution in [2.45, 2.75) is 14.7 Å². The molecule has 0 aliphatic rings. The van der Waals surface area contributed by atoms with Crippen molar-refractivity contribution in [3.8, 4) is 0 Å². The molecule has 9 N–H and O–H groups in total. The van der Waals surface area contributed by atoms with E-state index in [1.165, 1.54) is 18.2 Å². The van der Waals surface area contributed by atoms with Gasteiger partial charge in [-0.3, -0.25) is 13.7 Å². The monoisotopic (exact) mass is 726 g/mol. The van der Waals surface area contributed by atoms with Gasteiger partial charge in [0, 0.05) is 99.7 Å². The summed E-state index contributed by atoms with van der Waals surface area (Å²) in [5, 5.41) is 11.4. The molecule has 229 valence electrons. The molecule has 0 saturated heterocycles. The van der Waals surface area contributed by atoms with Crippen molar-refractivity contribution in [3.05, 3.63) is 48.5 Å². The van der Waals surface area contributed by atoms with Gasteiger partial charge in [0.15, 0.2) is 0 Å². The Morgan fingerprint density at radius 1 is 0.783 bits per heavy atom. The number of urea groups is 1. The molecule has 46 heavy (non-hydrogen) atoms. The standard InChI is InChI=1S/C20H16FN9O10S3.3Na/c21-17-26-18(22)28-20(27-17)24-9-1-2-12(13(5-9)25-19(23)31)29-30-14-7-11-8(4-16(14)43(38,39)40)3-10(41(32,33)34)6-15(11)42(35,36)37;;;/h1-7H,(H3,23,25,31)(H,32,33,34)(H,35,36,37)(H,38,39,40)(H3,22,24,26,27,28);;;. The number of nitrogen functional groups attached to an aromatic ring is 1. The maximum absolute atomic E-state index is 13.5. The SMILES string of the molecule is NC(=O)Nc1cc(Nc2nc(N)nc(F)n2)ccc1N=Nc1cc2c(S(=O)(=O)O)cc(S(=O)(=O)O)cc2cc1S(=O)(=O)O.[Na].[Na].[Na]. The van der Waals surface area contributed by atoms with E-state index in [0.717, 1.165) is 6.07 Å². The summed E-state index contributed by atoms with van der Waals surface area (Å²) in [6, 6.07) is 5.08. The molecule has 3 radical (unpaired) electrons. The zero-order chi connectivity index (χ0) is 31.9. The summed E-state index contributed by atoms with van der Waals surface area (Å²) < 4.78 is 114. The third kappa shape index (κ3) is 10.5. The Kier molecular flexibility index (Phi) is 14.6. The van der Waals surface area contributed by atoms with E-state index < -0.39 is 79.6 Å². The topological polar surface area (TPSA) is 320 Å². The molecule has 1 aromatic heterocycles. The van der Waals surface area contributed by atoms with Crippen LogP contribution in [-0.2, 0) is 30.4 Å². The normalized spacial score (nSPS) is 11.7. The molecule has 0 bridgehead atoms. The summed E-state index contributed by atoms with van der Waals surface area (Å²) in [6.45, 7) is 0. The second-order valence-corrected chi connectivity index (χ2v) is 12.4. The van der Waals surface area contributed by atoms with E-state index in [2.05, 4.69) is 35.8 Å². The molecule has 19 nitrogen and oxygen atoms in total. The first-order valence-electron chi connectivity index (χ1n) is 10.9. The fourth-order valence-electron chi connectivity index (χ4n) is 3.56. The largest absolute Gasteiger partial charge is 0.368 e. The van der Waals surface area contributed by atoms with E-state index in [-0.39, 0.29) is 112 Å². The van der Waals surface area contributed by atoms with Gasteiger partial charge in [-0.1, -0.05) is 0 Å². The molecule has 4 rings (SSSR count). The minimum atomic E-state index is -5.17. The molecule has 26 heteroatoms. The number of aromatic nitrogens is 3. The van der Waals surface area contributed by atoms with Gasteiger partial charge in [0.2, 0.25) is 11.9 Å². The Labute approximate surface area is 325 Å². The zero-order valence-electron chi connectivity index (χ0n) is 23.7. The summed E-state index contributed by atoms with van der Waals surface area (Å²) in [7, 11) is -15.4. The Hall–Kier alpha value is -1.94. The minimum Gasteiger partial charge on any atom is -0.368 e. The van der Waals surface area contributed by atoms with Crippen LogP contribution in [0.4, 0.5) is 43.8 Å². The molecular formula is C20H16FN9Na3O10S3. The first kappa shape index (κ1) is 42.1. The number of rotatable bonds is 8. The van der Waals surface area contributed by atoms with Crippen LogP contribution in [0.2, 0.25) is 0 Å². The molecule has 2 amide bonds. The van der Waals surface area contributed by atoms with Gasteiger partial charge in [-0.15, -0.1) is 10.2 Å². The van der Waals surface area contributed by atoms with E-state index in [9.17, 15) is 48.1 Å². The van der Waals surface area contributed by atoms with E-state index in [4.69, 9.17) is 11.5 Å². The van der Waals surface area contributed by atoms with Crippen molar-refractivity contribution in [1.29, 1.82) is 0 Å². The molecule has 3 aromatic carbocycles. The van der Waals surface area contributed by atoms with E-state index in [0.29, 0.717) is 18.2 Å². The van der Waals surface area contributed by atoms with Gasteiger partial charge in [0.25, 0.3) is 30.4 Å². The van der Waals surface area contributed by atoms with Gasteiger partial charge < -0.3 is 22.1 Å². The van der Waals surface area contributed by atoms with Crippen molar-refractivity contribution < 1.29 is 48.1 Å². The number of azo groups is 1. The molecule has 1 heterocycles. The fraction of sp³-hybridized carbons (Fsp3) is 0. The van der Waals surface area contributed by atoms with Crippen molar-refractivity contribution in [3.63, 3.8) is 0 Å². The molecule has 0 aliphatic heterocycles. The average Bonchev–Trinajstić information content (AvgIpc) is 2.84. The number of nitrogens with zero attached hydrogens (tertiary/aromatic N) is 5. The van der Waals surface area contributed by atoms with Gasteiger partial charge >= 0.3 is 12.1 Å². The fourth-order valence-corrected chi connectivity index (χ4v) is 5.55. The van der Waals surface area contributed by atoms with Crippen LogP contribution < -0.4 is 22.1 Å². The Morgan fingerprint density at radius 2 is 1.39 bits per heavy atom. The average molecular weight is 727 g/mol. The van der Waals surface area contributed by atoms with Crippen LogP contribution in [-0.4, -0.2) is 149 Å². The summed E-state index contributed by atoms with van der Waals surface area (Å²) >= 11 is 0. The number of carbonyl (C=O) groups is 1. The van der Waals surface area contributed by atoms with Crippen molar-refractivity contribution in [2.75, 3.05) is 16.4 Å². The summed E-state index contributed by atoms with van der Waals surface area (Å²) in [5.41, 5.74) is 9.64. The first-order chi connectivity index (χ1) is 19.8. The number of primary amides is 1. The predicted molar refractivity (Wildman–Crippen MR) is 162 cm³/mol. The second kappa shape index (κ2) is 16.0. The van der Waals surface area contributed by atoms with Crippen LogP contribution >= 0.6 is 0 Å². The molecule has 0 aliphatic carbocycles. The number of hydrogen-bond donors (Lipinski definition) is 7. The predicted octanol–water partition coefficient (Wildman–Crippen LogP) is 0.993. The molecule has 0 unspecified atom stereocenters. The van der Waals surface area contributed by atoms with Crippen molar-refractivity contribution >= 4 is 170 Å². The summed E-state index contributed by atoms with van der Waals surface area (Å²) in [6.07, 6.45) is -1.19. The number of fused-ring (bicyclic) bond motifs is 1. The molecular weight excluding hydrogens is 710 g/mol. The van der Waals surface area contributed by atoms with Crippen LogP contribution in [0.3, 0.4) is 0 Å². The van der Waals surface area contributed by atoms with E-state index in [1.54, 1.807) is 0 Å². The van der Waals surface area contributed by atoms with Gasteiger partial charge in [-0.2, -0.15) is 44.6 Å². The number of halogens is 1. The summed E-state index contributed by atoms with van der Waals surface area (Å²) in [4.78, 5) is 18.8. The number of nitrogens with one attached hydrogen (secondary N) is 2. The summed E-state index contributed by atoms with van der Waals surface area (Å²) in [5.74, 6) is -0.752. The van der Waals surface area contributed by atoms with Crippen LogP contribution in [0.25, 0.3) is 10.8 Å². The van der Waals surface area contributed by atoms with Gasteiger partial charge in [0.05, 0.1) is 10.6 Å². The Morgan fingerprint density at radius 3 is 1.93 bits per heavy atom. The maximum Gasteiger partial charge on any atom is 0.316 e. The number of nitrogens with two attached hydrogens (primary N) is 2. The second-order valence-electron chi connectivity index (χ2n) is 8.22. The minimum absolute atomic E-state index is 0. The van der Waals surface area contributed by atoms with Crippen molar-refractivity contribution in [2.24, 2.45) is 16.0 Å². The smallest absolute Gasteiger partial charge is 0.316 e.